The van der Waals surface area contributed by atoms with Crippen molar-refractivity contribution in [2.75, 3.05) is 18.0 Å². The van der Waals surface area contributed by atoms with Crippen LogP contribution in [0, 0.1) is 0 Å². The number of amides is 2. The van der Waals surface area contributed by atoms with E-state index < -0.39 is 34.1 Å². The molecule has 0 heterocycles. The molecule has 208 valence electrons. The van der Waals surface area contributed by atoms with Crippen LogP contribution >= 0.6 is 11.6 Å². The van der Waals surface area contributed by atoms with Crippen LogP contribution in [0.15, 0.2) is 83.8 Å². The summed E-state index contributed by atoms with van der Waals surface area (Å²) in [5.41, 5.74) is 0.517. The van der Waals surface area contributed by atoms with Crippen LogP contribution in [0.25, 0.3) is 0 Å². The number of rotatable bonds is 10. The molecule has 0 saturated heterocycles. The van der Waals surface area contributed by atoms with Crippen molar-refractivity contribution < 1.29 is 22.7 Å². The van der Waals surface area contributed by atoms with E-state index >= 15 is 0 Å². The maximum Gasteiger partial charge on any atom is 0.264 e. The Morgan fingerprint density at radius 1 is 0.974 bits per heavy atom. The molecule has 0 fully saturated rings. The summed E-state index contributed by atoms with van der Waals surface area (Å²) >= 11 is 5.98. The maximum absolute atomic E-state index is 13.9. The molecule has 0 bridgehead atoms. The first-order valence-electron chi connectivity index (χ1n) is 12.4. The zero-order valence-electron chi connectivity index (χ0n) is 22.7. The molecule has 0 radical (unpaired) electrons. The zero-order chi connectivity index (χ0) is 28.8. The van der Waals surface area contributed by atoms with Gasteiger partial charge in [0.15, 0.2) is 0 Å². The topological polar surface area (TPSA) is 96.0 Å². The van der Waals surface area contributed by atoms with Crippen molar-refractivity contribution in [2.24, 2.45) is 0 Å². The average molecular weight is 572 g/mol. The van der Waals surface area contributed by atoms with Crippen LogP contribution < -0.4 is 14.4 Å². The number of ether oxygens (including phenoxy) is 1. The lowest BCUT2D eigenvalue weighted by atomic mass is 10.1. The summed E-state index contributed by atoms with van der Waals surface area (Å²) in [4.78, 5) is 28.4. The number of methoxy groups -OCH3 is 1. The van der Waals surface area contributed by atoms with Gasteiger partial charge in [0.25, 0.3) is 10.0 Å². The molecule has 0 aliphatic rings. The van der Waals surface area contributed by atoms with Crippen LogP contribution in [0.5, 0.6) is 5.75 Å². The van der Waals surface area contributed by atoms with Gasteiger partial charge in [-0.15, -0.1) is 0 Å². The fourth-order valence-corrected chi connectivity index (χ4v) is 5.42. The molecule has 1 atom stereocenters. The second-order valence-corrected chi connectivity index (χ2v) is 12.4. The molecular formula is C29H34ClN3O5S. The fourth-order valence-electron chi connectivity index (χ4n) is 3.88. The average Bonchev–Trinajstić information content (AvgIpc) is 2.89. The van der Waals surface area contributed by atoms with E-state index in [-0.39, 0.29) is 17.3 Å². The van der Waals surface area contributed by atoms with Gasteiger partial charge >= 0.3 is 0 Å². The predicted octanol–water partition coefficient (Wildman–Crippen LogP) is 4.88. The quantitative estimate of drug-likeness (QED) is 0.374. The number of hydrogen-bond acceptors (Lipinski definition) is 5. The second kappa shape index (κ2) is 12.5. The Labute approximate surface area is 235 Å². The van der Waals surface area contributed by atoms with Crippen molar-refractivity contribution in [1.82, 2.24) is 10.2 Å². The lowest BCUT2D eigenvalue weighted by molar-refractivity contribution is -0.140. The number of para-hydroxylation sites is 1. The van der Waals surface area contributed by atoms with Crippen molar-refractivity contribution in [3.05, 3.63) is 89.4 Å². The van der Waals surface area contributed by atoms with E-state index in [4.69, 9.17) is 16.3 Å². The molecule has 3 rings (SSSR count). The molecule has 10 heteroatoms. The fraction of sp³-hybridized carbons (Fsp3) is 0.310. The molecular weight excluding hydrogens is 538 g/mol. The number of benzene rings is 3. The molecule has 2 amide bonds. The third-order valence-corrected chi connectivity index (χ3v) is 7.92. The Bertz CT molecular complexity index is 1390. The molecule has 0 unspecified atom stereocenters. The van der Waals surface area contributed by atoms with Gasteiger partial charge in [0, 0.05) is 17.1 Å². The normalized spacial score (nSPS) is 12.4. The molecule has 8 nitrogen and oxygen atoms in total. The van der Waals surface area contributed by atoms with E-state index in [0.717, 1.165) is 9.87 Å². The molecule has 0 aliphatic carbocycles. The number of sulfonamides is 1. The van der Waals surface area contributed by atoms with E-state index in [0.29, 0.717) is 16.5 Å². The molecule has 1 N–H and O–H groups in total. The van der Waals surface area contributed by atoms with Crippen molar-refractivity contribution in [3.63, 3.8) is 0 Å². The number of nitrogens with zero attached hydrogens (tertiary/aromatic N) is 2. The number of carbonyl (C=O) groups is 2. The van der Waals surface area contributed by atoms with Crippen molar-refractivity contribution >= 4 is 39.1 Å². The van der Waals surface area contributed by atoms with Gasteiger partial charge in [-0.05, 0) is 81.8 Å². The first-order valence-corrected chi connectivity index (χ1v) is 14.2. The number of halogens is 1. The van der Waals surface area contributed by atoms with Crippen LogP contribution in [0.2, 0.25) is 5.02 Å². The van der Waals surface area contributed by atoms with E-state index in [1.807, 2.05) is 26.8 Å². The third kappa shape index (κ3) is 7.97. The van der Waals surface area contributed by atoms with Gasteiger partial charge in [-0.2, -0.15) is 0 Å². The lowest BCUT2D eigenvalue weighted by Crippen LogP contribution is -2.54. The van der Waals surface area contributed by atoms with Crippen LogP contribution in [-0.4, -0.2) is 50.4 Å². The van der Waals surface area contributed by atoms with Gasteiger partial charge in [-0.3, -0.25) is 13.9 Å². The number of nitrogens with one attached hydrogen (secondary N) is 1. The number of anilines is 1. The molecule has 3 aromatic carbocycles. The highest BCUT2D eigenvalue weighted by Gasteiger charge is 2.33. The van der Waals surface area contributed by atoms with Gasteiger partial charge in [0.05, 0.1) is 17.7 Å². The van der Waals surface area contributed by atoms with E-state index in [2.05, 4.69) is 5.32 Å². The SMILES string of the molecule is COc1cccc(CN(C(=O)CN(c2ccccc2)S(=O)(=O)c2ccc(Cl)cc2)[C@H](C)C(=O)NC(C)(C)C)c1. The van der Waals surface area contributed by atoms with Crippen LogP contribution in [0.1, 0.15) is 33.3 Å². The van der Waals surface area contributed by atoms with Gasteiger partial charge < -0.3 is 15.0 Å². The largest absolute Gasteiger partial charge is 0.497 e. The van der Waals surface area contributed by atoms with Crippen molar-refractivity contribution in [3.8, 4) is 5.75 Å². The smallest absolute Gasteiger partial charge is 0.264 e. The summed E-state index contributed by atoms with van der Waals surface area (Å²) in [6.07, 6.45) is 0. The molecule has 3 aromatic rings. The van der Waals surface area contributed by atoms with E-state index in [1.165, 1.54) is 29.2 Å². The predicted molar refractivity (Wildman–Crippen MR) is 153 cm³/mol. The maximum atomic E-state index is 13.9. The molecule has 0 aliphatic heterocycles. The minimum atomic E-state index is -4.15. The summed E-state index contributed by atoms with van der Waals surface area (Å²) in [7, 11) is -2.61. The second-order valence-electron chi connectivity index (χ2n) is 10.1. The Morgan fingerprint density at radius 2 is 1.62 bits per heavy atom. The molecule has 0 saturated carbocycles. The van der Waals surface area contributed by atoms with Crippen molar-refractivity contribution in [1.29, 1.82) is 0 Å². The number of carbonyl (C=O) groups excluding carboxylic acids is 2. The standard InChI is InChI=1S/C29H34ClN3O5S/c1-21(28(35)31-29(2,3)4)32(19-22-10-9-13-25(18-22)38-5)27(34)20-33(24-11-7-6-8-12-24)39(36,37)26-16-14-23(30)15-17-26/h6-18,21H,19-20H2,1-5H3,(H,31,35)/t21-/m1/s1. The summed E-state index contributed by atoms with van der Waals surface area (Å²) in [5, 5.41) is 3.30. The highest BCUT2D eigenvalue weighted by atomic mass is 35.5. The third-order valence-electron chi connectivity index (χ3n) is 5.88. The Morgan fingerprint density at radius 3 is 2.21 bits per heavy atom. The van der Waals surface area contributed by atoms with Crippen LogP contribution in [0.4, 0.5) is 5.69 Å². The molecule has 39 heavy (non-hydrogen) atoms. The van der Waals surface area contributed by atoms with Gasteiger partial charge in [0.1, 0.15) is 18.3 Å². The Balaban J connectivity index is 2.02. The van der Waals surface area contributed by atoms with Crippen molar-refractivity contribution in [2.45, 2.75) is 50.7 Å². The summed E-state index contributed by atoms with van der Waals surface area (Å²) in [5.74, 6) is -0.302. The Kier molecular flexibility index (Phi) is 9.63. The Hall–Kier alpha value is -3.56. The van der Waals surface area contributed by atoms with Gasteiger partial charge in [-0.1, -0.05) is 41.9 Å². The first-order chi connectivity index (χ1) is 18.3. The minimum Gasteiger partial charge on any atom is -0.497 e. The van der Waals surface area contributed by atoms with Crippen LogP contribution in [-0.2, 0) is 26.2 Å². The van der Waals surface area contributed by atoms with Crippen LogP contribution in [0.3, 0.4) is 0 Å². The highest BCUT2D eigenvalue weighted by Crippen LogP contribution is 2.25. The highest BCUT2D eigenvalue weighted by molar-refractivity contribution is 7.92. The summed E-state index contributed by atoms with van der Waals surface area (Å²) in [6.45, 7) is 6.72. The first kappa shape index (κ1) is 30.0. The lowest BCUT2D eigenvalue weighted by Gasteiger charge is -2.33. The molecule has 0 spiro atoms. The van der Waals surface area contributed by atoms with E-state index in [9.17, 15) is 18.0 Å². The molecule has 0 aromatic heterocycles. The zero-order valence-corrected chi connectivity index (χ0v) is 24.3. The minimum absolute atomic E-state index is 0.0126. The number of hydrogen-bond donors (Lipinski definition) is 1. The van der Waals surface area contributed by atoms with Gasteiger partial charge in [0.2, 0.25) is 11.8 Å². The van der Waals surface area contributed by atoms with E-state index in [1.54, 1.807) is 62.6 Å². The van der Waals surface area contributed by atoms with Gasteiger partial charge in [-0.25, -0.2) is 8.42 Å². The monoisotopic (exact) mass is 571 g/mol. The summed E-state index contributed by atoms with van der Waals surface area (Å²) < 4.78 is 33.9. The summed E-state index contributed by atoms with van der Waals surface area (Å²) in [6, 6.07) is 20.4.